The molecule has 2 aromatic rings. The quantitative estimate of drug-likeness (QED) is 0.635. The minimum atomic E-state index is -0.951. The summed E-state index contributed by atoms with van der Waals surface area (Å²) in [5.41, 5.74) is 0.382. The Morgan fingerprint density at radius 1 is 1.17 bits per heavy atom. The zero-order chi connectivity index (χ0) is 25.7. The van der Waals surface area contributed by atoms with Crippen LogP contribution in [0.25, 0.3) is 0 Å². The molecule has 1 aromatic heterocycles. The van der Waals surface area contributed by atoms with Gasteiger partial charge in [-0.25, -0.2) is 0 Å². The highest BCUT2D eigenvalue weighted by Crippen LogP contribution is 2.39. The van der Waals surface area contributed by atoms with Crippen LogP contribution in [0.3, 0.4) is 0 Å². The Bertz CT molecular complexity index is 1080. The van der Waals surface area contributed by atoms with Gasteiger partial charge in [-0.15, -0.1) is 0 Å². The number of nitrogens with zero attached hydrogens (tertiary/aromatic N) is 3. The number of carbonyl (C=O) groups excluding carboxylic acids is 3. The average molecular weight is 495 g/mol. The van der Waals surface area contributed by atoms with E-state index in [1.54, 1.807) is 48.7 Å². The van der Waals surface area contributed by atoms with Crippen molar-refractivity contribution in [3.05, 3.63) is 59.9 Å². The standard InChI is InChI=1S/C27H34N4O5/c1-19(2)15-24(32)30-13-9-27(10-14-30)31(26(34)21-5-4-6-22(16-21)35-3)23(18-36-27)25(33)29-17-20-7-11-28-12-8-20/h4-8,11-12,16,19,23H,9-10,13-15,17-18H2,1-3H3,(H,29,33). The number of carbonyl (C=O) groups is 3. The molecule has 9 nitrogen and oxygen atoms in total. The average Bonchev–Trinajstić information content (AvgIpc) is 3.25. The zero-order valence-corrected chi connectivity index (χ0v) is 21.1. The fourth-order valence-corrected chi connectivity index (χ4v) is 4.85. The van der Waals surface area contributed by atoms with Crippen molar-refractivity contribution in [1.29, 1.82) is 0 Å². The molecule has 2 saturated heterocycles. The fraction of sp³-hybridized carbons (Fsp3) is 0.481. The lowest BCUT2D eigenvalue weighted by Gasteiger charge is -2.44. The van der Waals surface area contributed by atoms with E-state index in [0.717, 1.165) is 5.56 Å². The molecule has 3 heterocycles. The van der Waals surface area contributed by atoms with Gasteiger partial charge < -0.3 is 19.7 Å². The molecule has 1 spiro atoms. The number of likely N-dealkylation sites (tertiary alicyclic amines) is 1. The molecule has 2 aliphatic heterocycles. The van der Waals surface area contributed by atoms with Crippen molar-refractivity contribution >= 4 is 17.7 Å². The van der Waals surface area contributed by atoms with Crippen LogP contribution < -0.4 is 10.1 Å². The van der Waals surface area contributed by atoms with Crippen molar-refractivity contribution in [2.45, 2.75) is 51.4 Å². The van der Waals surface area contributed by atoms with Crippen LogP contribution in [0.2, 0.25) is 0 Å². The van der Waals surface area contributed by atoms with Crippen LogP contribution in [0.15, 0.2) is 48.8 Å². The lowest BCUT2D eigenvalue weighted by molar-refractivity contribution is -0.144. The van der Waals surface area contributed by atoms with Crippen molar-refractivity contribution < 1.29 is 23.9 Å². The highest BCUT2D eigenvalue weighted by atomic mass is 16.5. The molecular formula is C27H34N4O5. The molecule has 192 valence electrons. The van der Waals surface area contributed by atoms with Crippen LogP contribution in [-0.4, -0.2) is 71.1 Å². The van der Waals surface area contributed by atoms with Gasteiger partial charge in [0, 0.05) is 56.9 Å². The molecule has 1 unspecified atom stereocenters. The lowest BCUT2D eigenvalue weighted by Crippen LogP contribution is -2.59. The van der Waals surface area contributed by atoms with E-state index >= 15 is 0 Å². The smallest absolute Gasteiger partial charge is 0.257 e. The molecular weight excluding hydrogens is 460 g/mol. The molecule has 0 aliphatic carbocycles. The van der Waals surface area contributed by atoms with Crippen LogP contribution >= 0.6 is 0 Å². The first kappa shape index (κ1) is 25.6. The van der Waals surface area contributed by atoms with Crippen molar-refractivity contribution in [3.63, 3.8) is 0 Å². The normalized spacial score (nSPS) is 18.9. The van der Waals surface area contributed by atoms with Gasteiger partial charge in [0.05, 0.1) is 13.7 Å². The summed E-state index contributed by atoms with van der Waals surface area (Å²) in [6.45, 7) is 5.40. The summed E-state index contributed by atoms with van der Waals surface area (Å²) in [5.74, 6) is 0.365. The Morgan fingerprint density at radius 3 is 2.56 bits per heavy atom. The summed E-state index contributed by atoms with van der Waals surface area (Å²) in [5, 5.41) is 2.94. The van der Waals surface area contributed by atoms with E-state index in [1.807, 2.05) is 30.9 Å². The first-order valence-electron chi connectivity index (χ1n) is 12.4. The Hall–Kier alpha value is -3.46. The van der Waals surface area contributed by atoms with Gasteiger partial charge in [0.1, 0.15) is 17.5 Å². The van der Waals surface area contributed by atoms with Gasteiger partial charge >= 0.3 is 0 Å². The van der Waals surface area contributed by atoms with E-state index < -0.39 is 11.8 Å². The number of ether oxygens (including phenoxy) is 2. The van der Waals surface area contributed by atoms with E-state index in [9.17, 15) is 14.4 Å². The number of aromatic nitrogens is 1. The number of rotatable bonds is 7. The molecule has 0 saturated carbocycles. The molecule has 1 aromatic carbocycles. The van der Waals surface area contributed by atoms with Gasteiger partial charge in [-0.1, -0.05) is 19.9 Å². The van der Waals surface area contributed by atoms with E-state index in [0.29, 0.717) is 50.2 Å². The monoisotopic (exact) mass is 494 g/mol. The Labute approximate surface area is 211 Å². The predicted octanol–water partition coefficient (Wildman–Crippen LogP) is 2.61. The van der Waals surface area contributed by atoms with Gasteiger partial charge in [0.15, 0.2) is 0 Å². The maximum Gasteiger partial charge on any atom is 0.257 e. The van der Waals surface area contributed by atoms with Crippen LogP contribution in [0.5, 0.6) is 5.75 Å². The van der Waals surface area contributed by atoms with Gasteiger partial charge in [-0.05, 0) is 41.8 Å². The number of hydrogen-bond donors (Lipinski definition) is 1. The summed E-state index contributed by atoms with van der Waals surface area (Å²) >= 11 is 0. The van der Waals surface area contributed by atoms with Crippen molar-refractivity contribution in [1.82, 2.24) is 20.1 Å². The molecule has 2 aliphatic rings. The molecule has 1 atom stereocenters. The highest BCUT2D eigenvalue weighted by Gasteiger charge is 2.54. The summed E-state index contributed by atoms with van der Waals surface area (Å²) in [7, 11) is 1.54. The van der Waals surface area contributed by atoms with Crippen molar-refractivity contribution in [2.75, 3.05) is 26.8 Å². The first-order valence-corrected chi connectivity index (χ1v) is 12.4. The van der Waals surface area contributed by atoms with Gasteiger partial charge in [-0.3, -0.25) is 24.3 Å². The lowest BCUT2D eigenvalue weighted by atomic mass is 9.96. The number of hydrogen-bond acceptors (Lipinski definition) is 6. The highest BCUT2D eigenvalue weighted by molar-refractivity contribution is 5.98. The predicted molar refractivity (Wildman–Crippen MR) is 133 cm³/mol. The molecule has 36 heavy (non-hydrogen) atoms. The summed E-state index contributed by atoms with van der Waals surface area (Å²) in [6, 6.07) is 9.77. The van der Waals surface area contributed by atoms with Gasteiger partial charge in [0.2, 0.25) is 11.8 Å². The number of nitrogens with one attached hydrogen (secondary N) is 1. The number of methoxy groups -OCH3 is 1. The summed E-state index contributed by atoms with van der Waals surface area (Å²) in [6.07, 6.45) is 4.71. The second-order valence-corrected chi connectivity index (χ2v) is 9.73. The molecule has 0 bridgehead atoms. The van der Waals surface area contributed by atoms with E-state index in [1.165, 1.54) is 0 Å². The molecule has 1 N–H and O–H groups in total. The first-order chi connectivity index (χ1) is 17.3. The van der Waals surface area contributed by atoms with Crippen LogP contribution in [0.1, 0.15) is 49.0 Å². The molecule has 0 radical (unpaired) electrons. The third-order valence-corrected chi connectivity index (χ3v) is 6.80. The Balaban J connectivity index is 1.56. The molecule has 9 heteroatoms. The molecule has 3 amide bonds. The number of benzene rings is 1. The summed E-state index contributed by atoms with van der Waals surface area (Å²) in [4.78, 5) is 47.2. The van der Waals surface area contributed by atoms with Crippen LogP contribution in [0.4, 0.5) is 0 Å². The maximum atomic E-state index is 13.9. The second kappa shape index (κ2) is 11.1. The van der Waals surface area contributed by atoms with E-state index in [-0.39, 0.29) is 30.2 Å². The maximum absolute atomic E-state index is 13.9. The van der Waals surface area contributed by atoms with E-state index in [4.69, 9.17) is 9.47 Å². The largest absolute Gasteiger partial charge is 0.497 e. The molecule has 4 rings (SSSR count). The Morgan fingerprint density at radius 2 is 1.89 bits per heavy atom. The zero-order valence-electron chi connectivity index (χ0n) is 21.1. The number of pyridine rings is 1. The van der Waals surface area contributed by atoms with Crippen LogP contribution in [-0.2, 0) is 20.9 Å². The fourth-order valence-electron chi connectivity index (χ4n) is 4.85. The van der Waals surface area contributed by atoms with Gasteiger partial charge in [0.25, 0.3) is 5.91 Å². The van der Waals surface area contributed by atoms with Gasteiger partial charge in [-0.2, -0.15) is 0 Å². The minimum Gasteiger partial charge on any atom is -0.497 e. The third-order valence-electron chi connectivity index (χ3n) is 6.80. The van der Waals surface area contributed by atoms with E-state index in [2.05, 4.69) is 10.3 Å². The second-order valence-electron chi connectivity index (χ2n) is 9.73. The topological polar surface area (TPSA) is 101 Å². The third kappa shape index (κ3) is 5.51. The number of amides is 3. The number of piperidine rings is 1. The van der Waals surface area contributed by atoms with Crippen molar-refractivity contribution in [3.8, 4) is 5.75 Å². The van der Waals surface area contributed by atoms with Crippen molar-refractivity contribution in [2.24, 2.45) is 5.92 Å². The van der Waals surface area contributed by atoms with Crippen LogP contribution in [0, 0.1) is 5.92 Å². The Kier molecular flexibility index (Phi) is 7.88. The SMILES string of the molecule is COc1cccc(C(=O)N2C(C(=O)NCc3ccncc3)COC23CCN(C(=O)CC(C)C)CC3)c1. The minimum absolute atomic E-state index is 0.0951. The molecule has 2 fully saturated rings. The summed E-state index contributed by atoms with van der Waals surface area (Å²) < 4.78 is 11.6.